The van der Waals surface area contributed by atoms with Crippen LogP contribution >= 0.6 is 0 Å². The SMILES string of the molecule is COC(=O)/C=C\C(=O)[C@H]1CC[C@H]2[C@@H]3CC[C@@H]4C[C@@H](OC(C)=O)CC[C@]4(C)[C@H]3CC[C@]12C. The quantitative estimate of drug-likeness (QED) is 0.470. The predicted molar refractivity (Wildman–Crippen MR) is 117 cm³/mol. The topological polar surface area (TPSA) is 69.7 Å². The Bertz CT molecular complexity index is 772. The van der Waals surface area contributed by atoms with Gasteiger partial charge in [-0.25, -0.2) is 4.79 Å². The van der Waals surface area contributed by atoms with Crippen LogP contribution in [0.3, 0.4) is 0 Å². The number of hydrogen-bond acceptors (Lipinski definition) is 5. The fraction of sp³-hybridized carbons (Fsp3) is 0.808. The smallest absolute Gasteiger partial charge is 0.330 e. The van der Waals surface area contributed by atoms with E-state index in [1.54, 1.807) is 0 Å². The number of esters is 2. The summed E-state index contributed by atoms with van der Waals surface area (Å²) in [6.07, 6.45) is 12.7. The van der Waals surface area contributed by atoms with E-state index in [-0.39, 0.29) is 29.2 Å². The Kier molecular flexibility index (Phi) is 6.08. The van der Waals surface area contributed by atoms with Gasteiger partial charge in [0.25, 0.3) is 0 Å². The lowest BCUT2D eigenvalue weighted by Crippen LogP contribution is -2.54. The minimum atomic E-state index is -0.465. The largest absolute Gasteiger partial charge is 0.466 e. The van der Waals surface area contributed by atoms with Crippen LogP contribution in [0.5, 0.6) is 0 Å². The van der Waals surface area contributed by atoms with Crippen LogP contribution in [0.2, 0.25) is 0 Å². The third-order valence-corrected chi connectivity index (χ3v) is 9.88. The van der Waals surface area contributed by atoms with Crippen molar-refractivity contribution in [2.75, 3.05) is 7.11 Å². The average Bonchev–Trinajstić information content (AvgIpc) is 3.09. The summed E-state index contributed by atoms with van der Waals surface area (Å²) in [7, 11) is 1.34. The van der Waals surface area contributed by atoms with Gasteiger partial charge in [0, 0.05) is 18.9 Å². The summed E-state index contributed by atoms with van der Waals surface area (Å²) >= 11 is 0. The molecular formula is C26H38O5. The highest BCUT2D eigenvalue weighted by Crippen LogP contribution is 2.67. The Morgan fingerprint density at radius 2 is 1.58 bits per heavy atom. The summed E-state index contributed by atoms with van der Waals surface area (Å²) in [6.45, 7) is 6.35. The van der Waals surface area contributed by atoms with Crippen molar-refractivity contribution in [1.29, 1.82) is 0 Å². The molecule has 0 aromatic rings. The van der Waals surface area contributed by atoms with E-state index in [2.05, 4.69) is 18.6 Å². The zero-order chi connectivity index (χ0) is 22.4. The number of allylic oxidation sites excluding steroid dienone is 1. The molecule has 0 aliphatic heterocycles. The van der Waals surface area contributed by atoms with Crippen LogP contribution in [-0.4, -0.2) is 30.9 Å². The lowest BCUT2D eigenvalue weighted by molar-refractivity contribution is -0.160. The van der Waals surface area contributed by atoms with Crippen molar-refractivity contribution in [1.82, 2.24) is 0 Å². The van der Waals surface area contributed by atoms with E-state index in [4.69, 9.17) is 4.74 Å². The molecule has 4 aliphatic rings. The van der Waals surface area contributed by atoms with Crippen LogP contribution in [-0.2, 0) is 23.9 Å². The second-order valence-corrected chi connectivity index (χ2v) is 11.1. The van der Waals surface area contributed by atoms with Crippen LogP contribution < -0.4 is 0 Å². The first-order valence-corrected chi connectivity index (χ1v) is 12.2. The molecule has 5 heteroatoms. The molecule has 0 aromatic heterocycles. The van der Waals surface area contributed by atoms with Crippen molar-refractivity contribution in [3.05, 3.63) is 12.2 Å². The number of carbonyl (C=O) groups excluding carboxylic acids is 3. The number of hydrogen-bond donors (Lipinski definition) is 0. The van der Waals surface area contributed by atoms with Crippen molar-refractivity contribution >= 4 is 17.7 Å². The van der Waals surface area contributed by atoms with E-state index >= 15 is 0 Å². The monoisotopic (exact) mass is 430 g/mol. The van der Waals surface area contributed by atoms with Gasteiger partial charge >= 0.3 is 11.9 Å². The molecule has 5 nitrogen and oxygen atoms in total. The number of ketones is 1. The highest BCUT2D eigenvalue weighted by Gasteiger charge is 2.61. The van der Waals surface area contributed by atoms with E-state index in [1.165, 1.54) is 45.4 Å². The van der Waals surface area contributed by atoms with Crippen LogP contribution in [0.15, 0.2) is 12.2 Å². The maximum atomic E-state index is 13.0. The maximum Gasteiger partial charge on any atom is 0.330 e. The second-order valence-electron chi connectivity index (χ2n) is 11.1. The average molecular weight is 431 g/mol. The Balaban J connectivity index is 1.49. The zero-order valence-corrected chi connectivity index (χ0v) is 19.5. The molecule has 0 saturated heterocycles. The van der Waals surface area contributed by atoms with Crippen molar-refractivity contribution in [3.63, 3.8) is 0 Å². The molecule has 0 aromatic carbocycles. The van der Waals surface area contributed by atoms with Gasteiger partial charge in [-0.2, -0.15) is 0 Å². The molecule has 4 rings (SSSR count). The first kappa shape index (κ1) is 22.5. The fourth-order valence-corrected chi connectivity index (χ4v) is 8.36. The Morgan fingerprint density at radius 1 is 0.871 bits per heavy atom. The minimum absolute atomic E-state index is 0.0181. The van der Waals surface area contributed by atoms with Gasteiger partial charge in [-0.3, -0.25) is 9.59 Å². The minimum Gasteiger partial charge on any atom is -0.466 e. The van der Waals surface area contributed by atoms with E-state index in [9.17, 15) is 14.4 Å². The summed E-state index contributed by atoms with van der Waals surface area (Å²) in [5.41, 5.74) is 0.366. The van der Waals surface area contributed by atoms with Gasteiger partial charge in [-0.05, 0) is 98.4 Å². The van der Waals surface area contributed by atoms with Crippen LogP contribution in [0.4, 0.5) is 0 Å². The standard InChI is InChI=1S/C26H38O5/c1-16(27)31-18-11-13-25(2)17(15-18)5-6-19-20-7-8-22(23(28)9-10-24(29)30-4)26(20,3)14-12-21(19)25/h9-10,17-22H,5-8,11-15H2,1-4H3/b10-9-/t17-,18+,19+,20+,21+,22-,25+,26+/m1/s1. The first-order chi connectivity index (χ1) is 14.7. The van der Waals surface area contributed by atoms with Gasteiger partial charge in [0.2, 0.25) is 0 Å². The van der Waals surface area contributed by atoms with Crippen LogP contribution in [0, 0.1) is 40.4 Å². The molecular weight excluding hydrogens is 392 g/mol. The molecule has 4 saturated carbocycles. The lowest BCUT2D eigenvalue weighted by atomic mass is 9.44. The van der Waals surface area contributed by atoms with Gasteiger partial charge in [0.1, 0.15) is 6.10 Å². The molecule has 4 aliphatic carbocycles. The molecule has 0 radical (unpaired) electrons. The molecule has 31 heavy (non-hydrogen) atoms. The van der Waals surface area contributed by atoms with E-state index < -0.39 is 5.97 Å². The third-order valence-electron chi connectivity index (χ3n) is 9.88. The lowest BCUT2D eigenvalue weighted by Gasteiger charge is -2.61. The summed E-state index contributed by atoms with van der Waals surface area (Å²) in [6, 6.07) is 0. The number of rotatable bonds is 4. The van der Waals surface area contributed by atoms with Crippen molar-refractivity contribution < 1.29 is 23.9 Å². The number of ether oxygens (including phenoxy) is 2. The van der Waals surface area contributed by atoms with Gasteiger partial charge in [-0.1, -0.05) is 13.8 Å². The second kappa shape index (κ2) is 8.37. The van der Waals surface area contributed by atoms with Gasteiger partial charge in [0.15, 0.2) is 5.78 Å². The fourth-order valence-electron chi connectivity index (χ4n) is 8.36. The van der Waals surface area contributed by atoms with Gasteiger partial charge in [-0.15, -0.1) is 0 Å². The first-order valence-electron chi connectivity index (χ1n) is 12.2. The van der Waals surface area contributed by atoms with Crippen LogP contribution in [0.25, 0.3) is 0 Å². The number of fused-ring (bicyclic) bond motifs is 5. The molecule has 4 fully saturated rings. The third kappa shape index (κ3) is 3.87. The molecule has 0 amide bonds. The predicted octanol–water partition coefficient (Wildman–Crippen LogP) is 4.88. The van der Waals surface area contributed by atoms with E-state index in [0.717, 1.165) is 38.5 Å². The van der Waals surface area contributed by atoms with Crippen molar-refractivity contribution in [2.45, 2.75) is 84.7 Å². The molecule has 0 spiro atoms. The van der Waals surface area contributed by atoms with Crippen LogP contribution in [0.1, 0.15) is 78.6 Å². The summed E-state index contributed by atoms with van der Waals surface area (Å²) < 4.78 is 10.2. The Labute approximate surface area is 186 Å². The van der Waals surface area contributed by atoms with Gasteiger partial charge < -0.3 is 9.47 Å². The zero-order valence-electron chi connectivity index (χ0n) is 19.5. The summed E-state index contributed by atoms with van der Waals surface area (Å²) in [5, 5.41) is 0. The molecule has 0 unspecified atom stereocenters. The molecule has 8 atom stereocenters. The Morgan fingerprint density at radius 3 is 2.29 bits per heavy atom. The Hall–Kier alpha value is -1.65. The summed E-state index contributed by atoms with van der Waals surface area (Å²) in [4.78, 5) is 35.9. The summed E-state index contributed by atoms with van der Waals surface area (Å²) in [5.74, 6) is 2.12. The highest BCUT2D eigenvalue weighted by molar-refractivity contribution is 5.97. The van der Waals surface area contributed by atoms with Crippen molar-refractivity contribution in [3.8, 4) is 0 Å². The normalized spacial score (nSPS) is 44.1. The van der Waals surface area contributed by atoms with E-state index in [1.807, 2.05) is 0 Å². The molecule has 0 heterocycles. The van der Waals surface area contributed by atoms with Gasteiger partial charge in [0.05, 0.1) is 7.11 Å². The number of methoxy groups -OCH3 is 1. The molecule has 0 bridgehead atoms. The highest BCUT2D eigenvalue weighted by atomic mass is 16.5. The maximum absolute atomic E-state index is 13.0. The number of carbonyl (C=O) groups is 3. The molecule has 0 N–H and O–H groups in total. The van der Waals surface area contributed by atoms with Crippen molar-refractivity contribution in [2.24, 2.45) is 40.4 Å². The molecule has 172 valence electrons. The van der Waals surface area contributed by atoms with E-state index in [0.29, 0.717) is 29.1 Å².